The summed E-state index contributed by atoms with van der Waals surface area (Å²) >= 11 is 0. The van der Waals surface area contributed by atoms with Crippen molar-refractivity contribution in [2.45, 2.75) is 31.4 Å². The Morgan fingerprint density at radius 2 is 1.88 bits per heavy atom. The van der Waals surface area contributed by atoms with E-state index >= 15 is 0 Å². The summed E-state index contributed by atoms with van der Waals surface area (Å²) in [7, 11) is 0. The molecule has 7 nitrogen and oxygen atoms in total. The van der Waals surface area contributed by atoms with E-state index in [0.717, 1.165) is 0 Å². The van der Waals surface area contributed by atoms with E-state index in [1.54, 1.807) is 17.0 Å². The standard InChI is InChI=1S/C17H21NO6/c19-16(20)5-8-18(12-6-9-22-10-7-12)17(21)15-11-23-13-3-1-2-4-14(13)24-15/h1-4,12,15H,5-11H2,(H,19,20)/t15-/m0/s1. The molecule has 1 amide bonds. The van der Waals surface area contributed by atoms with E-state index in [0.29, 0.717) is 37.6 Å². The third kappa shape index (κ3) is 3.79. The first-order valence-electron chi connectivity index (χ1n) is 8.13. The zero-order valence-electron chi connectivity index (χ0n) is 13.3. The number of para-hydroxylation sites is 2. The van der Waals surface area contributed by atoms with E-state index in [4.69, 9.17) is 19.3 Å². The fourth-order valence-electron chi connectivity index (χ4n) is 3.01. The van der Waals surface area contributed by atoms with E-state index in [9.17, 15) is 9.59 Å². The number of hydrogen-bond acceptors (Lipinski definition) is 5. The van der Waals surface area contributed by atoms with Crippen LogP contribution in [-0.4, -0.2) is 60.4 Å². The minimum atomic E-state index is -0.925. The van der Waals surface area contributed by atoms with Gasteiger partial charge in [-0.3, -0.25) is 9.59 Å². The number of benzene rings is 1. The molecule has 24 heavy (non-hydrogen) atoms. The lowest BCUT2D eigenvalue weighted by molar-refractivity contribution is -0.147. The summed E-state index contributed by atoms with van der Waals surface area (Å²) in [6.07, 6.45) is 0.565. The van der Waals surface area contributed by atoms with Crippen LogP contribution in [0, 0.1) is 0 Å². The Balaban J connectivity index is 1.71. The van der Waals surface area contributed by atoms with Crippen LogP contribution < -0.4 is 9.47 Å². The molecule has 2 aliphatic rings. The van der Waals surface area contributed by atoms with Gasteiger partial charge in [0.2, 0.25) is 6.10 Å². The fourth-order valence-corrected chi connectivity index (χ4v) is 3.01. The molecule has 1 saturated heterocycles. The van der Waals surface area contributed by atoms with Gasteiger partial charge in [-0.05, 0) is 25.0 Å². The average Bonchev–Trinajstić information content (AvgIpc) is 2.62. The molecule has 1 aromatic carbocycles. The van der Waals surface area contributed by atoms with Gasteiger partial charge in [0.1, 0.15) is 6.61 Å². The van der Waals surface area contributed by atoms with E-state index in [1.807, 2.05) is 12.1 Å². The van der Waals surface area contributed by atoms with Crippen molar-refractivity contribution in [3.63, 3.8) is 0 Å². The minimum Gasteiger partial charge on any atom is -0.485 e. The fraction of sp³-hybridized carbons (Fsp3) is 0.529. The van der Waals surface area contributed by atoms with Crippen molar-refractivity contribution < 1.29 is 28.9 Å². The predicted octanol–water partition coefficient (Wildman–Crippen LogP) is 1.31. The second-order valence-corrected chi connectivity index (χ2v) is 5.88. The van der Waals surface area contributed by atoms with E-state index in [-0.39, 0.29) is 31.5 Å². The maximum Gasteiger partial charge on any atom is 0.305 e. The Morgan fingerprint density at radius 1 is 1.17 bits per heavy atom. The molecule has 0 saturated carbocycles. The van der Waals surface area contributed by atoms with Gasteiger partial charge in [0.05, 0.1) is 6.42 Å². The maximum absolute atomic E-state index is 12.9. The zero-order chi connectivity index (χ0) is 16.9. The van der Waals surface area contributed by atoms with Gasteiger partial charge in [-0.2, -0.15) is 0 Å². The number of hydrogen-bond donors (Lipinski definition) is 1. The summed E-state index contributed by atoms with van der Waals surface area (Å²) in [6, 6.07) is 7.18. The van der Waals surface area contributed by atoms with Crippen molar-refractivity contribution in [2.24, 2.45) is 0 Å². The van der Waals surface area contributed by atoms with E-state index < -0.39 is 12.1 Å². The Labute approximate surface area is 140 Å². The van der Waals surface area contributed by atoms with Gasteiger partial charge in [-0.25, -0.2) is 0 Å². The molecule has 7 heteroatoms. The number of carbonyl (C=O) groups excluding carboxylic acids is 1. The molecule has 0 bridgehead atoms. The molecule has 2 aliphatic heterocycles. The monoisotopic (exact) mass is 335 g/mol. The molecular formula is C17H21NO6. The zero-order valence-corrected chi connectivity index (χ0v) is 13.3. The molecule has 3 rings (SSSR count). The van der Waals surface area contributed by atoms with Crippen LogP contribution in [0.3, 0.4) is 0 Å². The van der Waals surface area contributed by atoms with Crippen molar-refractivity contribution in [1.82, 2.24) is 4.90 Å². The molecule has 1 aromatic rings. The molecule has 0 spiro atoms. The Morgan fingerprint density at radius 3 is 2.58 bits per heavy atom. The summed E-state index contributed by atoms with van der Waals surface area (Å²) in [5.41, 5.74) is 0. The van der Waals surface area contributed by atoms with Crippen LogP contribution in [0.15, 0.2) is 24.3 Å². The maximum atomic E-state index is 12.9. The third-order valence-electron chi connectivity index (χ3n) is 4.27. The Bertz CT molecular complexity index is 598. The molecule has 1 fully saturated rings. The Hall–Kier alpha value is -2.28. The number of aliphatic carboxylic acids is 1. The molecule has 0 radical (unpaired) electrons. The largest absolute Gasteiger partial charge is 0.485 e. The first-order valence-corrected chi connectivity index (χ1v) is 8.13. The van der Waals surface area contributed by atoms with Crippen LogP contribution in [-0.2, 0) is 14.3 Å². The van der Waals surface area contributed by atoms with Gasteiger partial charge < -0.3 is 24.2 Å². The molecular weight excluding hydrogens is 314 g/mol. The lowest BCUT2D eigenvalue weighted by Gasteiger charge is -2.37. The highest BCUT2D eigenvalue weighted by atomic mass is 16.6. The van der Waals surface area contributed by atoms with Gasteiger partial charge >= 0.3 is 5.97 Å². The SMILES string of the molecule is O=C(O)CCN(C(=O)[C@@H]1COc2ccccc2O1)C1CCOCC1. The summed E-state index contributed by atoms with van der Waals surface area (Å²) in [5, 5.41) is 8.96. The number of carboxylic acids is 1. The summed E-state index contributed by atoms with van der Waals surface area (Å²) in [6.45, 7) is 1.45. The van der Waals surface area contributed by atoms with Crippen LogP contribution in [0.2, 0.25) is 0 Å². The second-order valence-electron chi connectivity index (χ2n) is 5.88. The first kappa shape index (κ1) is 16.6. The van der Waals surface area contributed by atoms with Crippen molar-refractivity contribution >= 4 is 11.9 Å². The van der Waals surface area contributed by atoms with E-state index in [2.05, 4.69) is 0 Å². The van der Waals surface area contributed by atoms with Gasteiger partial charge in [-0.1, -0.05) is 12.1 Å². The normalized spacial score (nSPS) is 20.4. The molecule has 2 heterocycles. The number of ether oxygens (including phenoxy) is 3. The highest BCUT2D eigenvalue weighted by Gasteiger charge is 2.35. The van der Waals surface area contributed by atoms with Gasteiger partial charge in [0.15, 0.2) is 11.5 Å². The Kier molecular flexibility index (Phi) is 5.20. The van der Waals surface area contributed by atoms with Crippen LogP contribution >= 0.6 is 0 Å². The number of carboxylic acid groups (broad SMARTS) is 1. The van der Waals surface area contributed by atoms with Gasteiger partial charge in [-0.15, -0.1) is 0 Å². The average molecular weight is 335 g/mol. The number of rotatable bonds is 5. The number of nitrogens with zero attached hydrogens (tertiary/aromatic N) is 1. The second kappa shape index (κ2) is 7.53. The quantitative estimate of drug-likeness (QED) is 0.873. The lowest BCUT2D eigenvalue weighted by atomic mass is 10.1. The predicted molar refractivity (Wildman–Crippen MR) is 84.2 cm³/mol. The highest BCUT2D eigenvalue weighted by molar-refractivity contribution is 5.82. The van der Waals surface area contributed by atoms with Crippen molar-refractivity contribution in [3.05, 3.63) is 24.3 Å². The molecule has 1 N–H and O–H groups in total. The molecule has 1 atom stereocenters. The molecule has 0 aliphatic carbocycles. The van der Waals surface area contributed by atoms with Crippen LogP contribution in [0.5, 0.6) is 11.5 Å². The molecule has 130 valence electrons. The van der Waals surface area contributed by atoms with Crippen molar-refractivity contribution in [1.29, 1.82) is 0 Å². The number of fused-ring (bicyclic) bond motifs is 1. The first-order chi connectivity index (χ1) is 11.6. The van der Waals surface area contributed by atoms with E-state index in [1.165, 1.54) is 0 Å². The van der Waals surface area contributed by atoms with Gasteiger partial charge in [0.25, 0.3) is 5.91 Å². The number of amides is 1. The van der Waals surface area contributed by atoms with Gasteiger partial charge in [0, 0.05) is 25.8 Å². The smallest absolute Gasteiger partial charge is 0.305 e. The van der Waals surface area contributed by atoms with Crippen LogP contribution in [0.4, 0.5) is 0 Å². The lowest BCUT2D eigenvalue weighted by Crippen LogP contribution is -2.52. The van der Waals surface area contributed by atoms with Crippen LogP contribution in [0.1, 0.15) is 19.3 Å². The van der Waals surface area contributed by atoms with Crippen molar-refractivity contribution in [2.75, 3.05) is 26.4 Å². The summed E-state index contributed by atoms with van der Waals surface area (Å²) < 4.78 is 16.7. The molecule has 0 aromatic heterocycles. The highest BCUT2D eigenvalue weighted by Crippen LogP contribution is 2.31. The molecule has 0 unspecified atom stereocenters. The summed E-state index contributed by atoms with van der Waals surface area (Å²) in [4.78, 5) is 25.5. The van der Waals surface area contributed by atoms with Crippen LogP contribution in [0.25, 0.3) is 0 Å². The van der Waals surface area contributed by atoms with Crippen molar-refractivity contribution in [3.8, 4) is 11.5 Å². The minimum absolute atomic E-state index is 0.0219. The number of carbonyl (C=O) groups is 2. The topological polar surface area (TPSA) is 85.3 Å². The third-order valence-corrected chi connectivity index (χ3v) is 4.27. The summed E-state index contributed by atoms with van der Waals surface area (Å²) in [5.74, 6) is 0.000588.